The maximum Gasteiger partial charge on any atom is 0.270 e. The number of hydrogen-bond acceptors (Lipinski definition) is 3. The van der Waals surface area contributed by atoms with Gasteiger partial charge in [-0.25, -0.2) is 0 Å². The molecular weight excluding hydrogens is 194 g/mol. The molecule has 0 saturated heterocycles. The zero-order valence-corrected chi connectivity index (χ0v) is 8.56. The van der Waals surface area contributed by atoms with Gasteiger partial charge in [0, 0.05) is 12.1 Å². The van der Waals surface area contributed by atoms with Gasteiger partial charge in [-0.15, -0.1) is 0 Å². The summed E-state index contributed by atoms with van der Waals surface area (Å²) < 4.78 is 0. The Hall–Kier alpha value is -1.97. The molecule has 0 unspecified atom stereocenters. The third kappa shape index (κ3) is 3.02. The number of carbonyl (C=O) groups excluding carboxylic acids is 1. The minimum Gasteiger partial charge on any atom is -0.295 e. The molecule has 0 saturated carbocycles. The minimum atomic E-state index is -0.458. The fraction of sp³-hybridized carbons (Fsp3) is 0.182. The van der Waals surface area contributed by atoms with Crippen LogP contribution in [-0.4, -0.2) is 10.7 Å². The monoisotopic (exact) mass is 205 g/mol. The molecule has 0 bridgehead atoms. The fourth-order valence-electron chi connectivity index (χ4n) is 1.08. The van der Waals surface area contributed by atoms with E-state index in [2.05, 4.69) is 0 Å². The number of allylic oxidation sites excluding steroid dienone is 1. The number of non-ortho nitro benzene ring substituents is 1. The number of nitrogens with zero attached hydrogens (tertiary/aromatic N) is 1. The van der Waals surface area contributed by atoms with Crippen LogP contribution >= 0.6 is 0 Å². The van der Waals surface area contributed by atoms with Gasteiger partial charge in [0.15, 0.2) is 5.78 Å². The average molecular weight is 205 g/mol. The molecule has 1 aromatic rings. The van der Waals surface area contributed by atoms with Crippen LogP contribution in [0.2, 0.25) is 0 Å². The quantitative estimate of drug-likeness (QED) is 0.433. The number of Topliss-reactive ketones (excluding diaryl/α,β-unsaturated/α-hetero) is 1. The molecule has 0 amide bonds. The molecular formula is C11H11NO3. The first-order valence-electron chi connectivity index (χ1n) is 4.44. The topological polar surface area (TPSA) is 60.2 Å². The second-order valence-corrected chi connectivity index (χ2v) is 3.24. The van der Waals surface area contributed by atoms with E-state index in [0.29, 0.717) is 11.1 Å². The van der Waals surface area contributed by atoms with Crippen LogP contribution < -0.4 is 0 Å². The minimum absolute atomic E-state index is 0.0279. The molecule has 0 heterocycles. The van der Waals surface area contributed by atoms with Gasteiger partial charge in [0.05, 0.1) is 4.92 Å². The maximum absolute atomic E-state index is 11.0. The van der Waals surface area contributed by atoms with Crippen molar-refractivity contribution in [2.24, 2.45) is 0 Å². The molecule has 1 rings (SSSR count). The number of benzene rings is 1. The summed E-state index contributed by atoms with van der Waals surface area (Å²) in [5.41, 5.74) is 1.27. The second-order valence-electron chi connectivity index (χ2n) is 3.24. The molecule has 78 valence electrons. The third-order valence-electron chi connectivity index (χ3n) is 2.02. The van der Waals surface area contributed by atoms with E-state index in [1.165, 1.54) is 19.1 Å². The number of carbonyl (C=O) groups is 1. The Kier molecular flexibility index (Phi) is 3.33. The maximum atomic E-state index is 11.0. The first-order valence-corrected chi connectivity index (χ1v) is 4.44. The van der Waals surface area contributed by atoms with Crippen molar-refractivity contribution in [1.82, 2.24) is 0 Å². The summed E-state index contributed by atoms with van der Waals surface area (Å²) in [5.74, 6) is -0.0403. The van der Waals surface area contributed by atoms with Crippen LogP contribution in [0.3, 0.4) is 0 Å². The summed E-state index contributed by atoms with van der Waals surface area (Å²) in [4.78, 5) is 21.0. The smallest absolute Gasteiger partial charge is 0.270 e. The van der Waals surface area contributed by atoms with E-state index in [0.717, 1.165) is 0 Å². The highest BCUT2D eigenvalue weighted by Crippen LogP contribution is 2.15. The van der Waals surface area contributed by atoms with Gasteiger partial charge in [-0.05, 0) is 31.1 Å². The van der Waals surface area contributed by atoms with E-state index in [9.17, 15) is 14.9 Å². The van der Waals surface area contributed by atoms with E-state index < -0.39 is 4.92 Å². The Morgan fingerprint density at radius 3 is 2.60 bits per heavy atom. The normalized spacial score (nSPS) is 11.2. The van der Waals surface area contributed by atoms with Crippen LogP contribution in [0.4, 0.5) is 5.69 Å². The summed E-state index contributed by atoms with van der Waals surface area (Å²) >= 11 is 0. The highest BCUT2D eigenvalue weighted by atomic mass is 16.6. The fourth-order valence-corrected chi connectivity index (χ4v) is 1.08. The lowest BCUT2D eigenvalue weighted by Gasteiger charge is -1.96. The van der Waals surface area contributed by atoms with Crippen LogP contribution in [0.25, 0.3) is 6.08 Å². The summed E-state index contributed by atoms with van der Waals surface area (Å²) in [7, 11) is 0. The third-order valence-corrected chi connectivity index (χ3v) is 2.02. The molecule has 4 nitrogen and oxygen atoms in total. The summed E-state index contributed by atoms with van der Waals surface area (Å²) in [6.45, 7) is 3.14. The van der Waals surface area contributed by atoms with Crippen LogP contribution in [0.5, 0.6) is 0 Å². The standard InChI is InChI=1S/C11H11NO3/c1-8(9(2)13)6-10-4-3-5-11(7-10)12(14)15/h3-7H,1-2H3/b8-6+. The Morgan fingerprint density at radius 1 is 1.40 bits per heavy atom. The lowest BCUT2D eigenvalue weighted by Crippen LogP contribution is -1.91. The van der Waals surface area contributed by atoms with Gasteiger partial charge >= 0.3 is 0 Å². The van der Waals surface area contributed by atoms with Crippen molar-refractivity contribution in [3.05, 3.63) is 45.5 Å². The van der Waals surface area contributed by atoms with E-state index in [1.807, 2.05) is 0 Å². The number of nitro benzene ring substituents is 1. The van der Waals surface area contributed by atoms with E-state index >= 15 is 0 Å². The molecule has 0 aliphatic rings. The summed E-state index contributed by atoms with van der Waals surface area (Å²) in [5, 5.41) is 10.5. The van der Waals surface area contributed by atoms with Crippen molar-refractivity contribution in [3.8, 4) is 0 Å². The van der Waals surface area contributed by atoms with Gasteiger partial charge in [0.1, 0.15) is 0 Å². The first-order chi connectivity index (χ1) is 7.00. The molecule has 0 aliphatic heterocycles. The van der Waals surface area contributed by atoms with E-state index in [1.54, 1.807) is 25.1 Å². The van der Waals surface area contributed by atoms with Crippen LogP contribution in [0.15, 0.2) is 29.8 Å². The Labute approximate surface area is 87.4 Å². The van der Waals surface area contributed by atoms with Crippen LogP contribution in [0, 0.1) is 10.1 Å². The SMILES string of the molecule is CC(=O)/C(C)=C/c1cccc([N+](=O)[O-])c1. The van der Waals surface area contributed by atoms with Crippen LogP contribution in [0.1, 0.15) is 19.4 Å². The van der Waals surface area contributed by atoms with Crippen molar-refractivity contribution in [3.63, 3.8) is 0 Å². The Morgan fingerprint density at radius 2 is 2.07 bits per heavy atom. The predicted molar refractivity (Wildman–Crippen MR) is 57.4 cm³/mol. The summed E-state index contributed by atoms with van der Waals surface area (Å²) in [6.07, 6.45) is 1.63. The van der Waals surface area contributed by atoms with Crippen molar-refractivity contribution in [1.29, 1.82) is 0 Å². The van der Waals surface area contributed by atoms with Crippen molar-refractivity contribution in [2.75, 3.05) is 0 Å². The van der Waals surface area contributed by atoms with Gasteiger partial charge in [-0.3, -0.25) is 14.9 Å². The first kappa shape index (κ1) is 11.1. The zero-order valence-electron chi connectivity index (χ0n) is 8.56. The Bertz CT molecular complexity index is 435. The lowest BCUT2D eigenvalue weighted by molar-refractivity contribution is -0.384. The predicted octanol–water partition coefficient (Wildman–Crippen LogP) is 2.59. The second kappa shape index (κ2) is 4.50. The molecule has 0 radical (unpaired) electrons. The van der Waals surface area contributed by atoms with Gasteiger partial charge in [-0.1, -0.05) is 12.1 Å². The van der Waals surface area contributed by atoms with Crippen molar-refractivity contribution < 1.29 is 9.72 Å². The summed E-state index contributed by atoms with van der Waals surface area (Å²) in [6, 6.07) is 6.17. The van der Waals surface area contributed by atoms with Gasteiger partial charge in [0.2, 0.25) is 0 Å². The number of rotatable bonds is 3. The largest absolute Gasteiger partial charge is 0.295 e. The van der Waals surface area contributed by atoms with Gasteiger partial charge < -0.3 is 0 Å². The molecule has 0 spiro atoms. The van der Waals surface area contributed by atoms with Gasteiger partial charge in [0.25, 0.3) is 5.69 Å². The highest BCUT2D eigenvalue weighted by Gasteiger charge is 2.04. The molecule has 1 aromatic carbocycles. The molecule has 0 fully saturated rings. The van der Waals surface area contributed by atoms with Gasteiger partial charge in [-0.2, -0.15) is 0 Å². The molecule has 4 heteroatoms. The molecule has 15 heavy (non-hydrogen) atoms. The van der Waals surface area contributed by atoms with E-state index in [4.69, 9.17) is 0 Å². The zero-order chi connectivity index (χ0) is 11.4. The molecule has 0 aliphatic carbocycles. The molecule has 0 aromatic heterocycles. The molecule has 0 atom stereocenters. The average Bonchev–Trinajstić information content (AvgIpc) is 2.18. The number of nitro groups is 1. The van der Waals surface area contributed by atoms with E-state index in [-0.39, 0.29) is 11.5 Å². The van der Waals surface area contributed by atoms with Crippen LogP contribution in [-0.2, 0) is 4.79 Å². The highest BCUT2D eigenvalue weighted by molar-refractivity contribution is 5.97. The van der Waals surface area contributed by atoms with Crippen molar-refractivity contribution in [2.45, 2.75) is 13.8 Å². The number of hydrogen-bond donors (Lipinski definition) is 0. The number of ketones is 1. The Balaban J connectivity index is 3.06. The molecule has 0 N–H and O–H groups in total. The lowest BCUT2D eigenvalue weighted by atomic mass is 10.1. The van der Waals surface area contributed by atoms with Crippen molar-refractivity contribution >= 4 is 17.5 Å².